The number of benzene rings is 2. The summed E-state index contributed by atoms with van der Waals surface area (Å²) in [5, 5.41) is 5.42. The zero-order valence-electron chi connectivity index (χ0n) is 14.6. The largest absolute Gasteiger partial charge is 0.435 e. The highest BCUT2D eigenvalue weighted by molar-refractivity contribution is 7.89. The Hall–Kier alpha value is -2.72. The molecule has 1 amide bonds. The first-order valence-electron chi connectivity index (χ1n) is 7.79. The molecule has 0 saturated heterocycles. The van der Waals surface area contributed by atoms with E-state index in [1.807, 2.05) is 0 Å². The van der Waals surface area contributed by atoms with Gasteiger partial charge in [0.1, 0.15) is 5.75 Å². The molecule has 2 aromatic rings. The van der Waals surface area contributed by atoms with Gasteiger partial charge in [0.25, 0.3) is 0 Å². The lowest BCUT2D eigenvalue weighted by atomic mass is 10.3. The number of nitrogens with zero attached hydrogens (tertiary/aromatic N) is 1. The topological polar surface area (TPSA) is 87.7 Å². The Labute approximate surface area is 156 Å². The Morgan fingerprint density at radius 3 is 2.37 bits per heavy atom. The van der Waals surface area contributed by atoms with E-state index in [4.69, 9.17) is 0 Å². The van der Waals surface area contributed by atoms with Crippen LogP contribution in [-0.2, 0) is 14.8 Å². The Morgan fingerprint density at radius 2 is 1.78 bits per heavy atom. The molecule has 10 heteroatoms. The molecule has 0 saturated carbocycles. The summed E-state index contributed by atoms with van der Waals surface area (Å²) in [7, 11) is -0.710. The monoisotopic (exact) mass is 399 g/mol. The summed E-state index contributed by atoms with van der Waals surface area (Å²) in [5.41, 5.74) is 0.876. The van der Waals surface area contributed by atoms with Crippen LogP contribution in [0.3, 0.4) is 0 Å². The van der Waals surface area contributed by atoms with E-state index in [1.54, 1.807) is 12.1 Å². The van der Waals surface area contributed by atoms with Crippen LogP contribution >= 0.6 is 0 Å². The highest BCUT2D eigenvalue weighted by atomic mass is 32.2. The van der Waals surface area contributed by atoms with Gasteiger partial charge < -0.3 is 15.4 Å². The molecule has 27 heavy (non-hydrogen) atoms. The van der Waals surface area contributed by atoms with E-state index in [-0.39, 0.29) is 17.2 Å². The van der Waals surface area contributed by atoms with Crippen molar-refractivity contribution in [3.05, 3.63) is 48.5 Å². The highest BCUT2D eigenvalue weighted by Gasteiger charge is 2.17. The zero-order chi connectivity index (χ0) is 20.0. The minimum Gasteiger partial charge on any atom is -0.435 e. The smallest absolute Gasteiger partial charge is 0.387 e. The second-order valence-corrected chi connectivity index (χ2v) is 7.77. The van der Waals surface area contributed by atoms with Crippen LogP contribution in [0.4, 0.5) is 20.2 Å². The molecule has 0 aromatic heterocycles. The van der Waals surface area contributed by atoms with Crippen molar-refractivity contribution in [2.75, 3.05) is 31.3 Å². The van der Waals surface area contributed by atoms with Gasteiger partial charge in [-0.05, 0) is 42.5 Å². The Kier molecular flexibility index (Phi) is 6.70. The number of ether oxygens (including phenoxy) is 1. The minimum absolute atomic E-state index is 0.0139. The molecule has 0 spiro atoms. The average Bonchev–Trinajstić information content (AvgIpc) is 2.61. The number of nitrogens with one attached hydrogen (secondary N) is 2. The first-order valence-corrected chi connectivity index (χ1v) is 9.23. The molecule has 0 aliphatic heterocycles. The fourth-order valence-electron chi connectivity index (χ4n) is 2.08. The molecule has 2 aromatic carbocycles. The van der Waals surface area contributed by atoms with Gasteiger partial charge in [-0.1, -0.05) is 6.07 Å². The van der Waals surface area contributed by atoms with Crippen LogP contribution in [-0.4, -0.2) is 45.9 Å². The van der Waals surface area contributed by atoms with Crippen LogP contribution in [0.5, 0.6) is 5.75 Å². The zero-order valence-corrected chi connectivity index (χ0v) is 15.5. The van der Waals surface area contributed by atoms with E-state index in [0.29, 0.717) is 11.4 Å². The number of alkyl halides is 2. The van der Waals surface area contributed by atoms with Crippen molar-refractivity contribution in [1.29, 1.82) is 0 Å². The molecule has 7 nitrogen and oxygen atoms in total. The van der Waals surface area contributed by atoms with E-state index in [2.05, 4.69) is 15.4 Å². The number of amides is 1. The fraction of sp³-hybridized carbons (Fsp3) is 0.235. The van der Waals surface area contributed by atoms with Gasteiger partial charge in [-0.2, -0.15) is 8.78 Å². The minimum atomic E-state index is -3.57. The predicted molar refractivity (Wildman–Crippen MR) is 97.5 cm³/mol. The van der Waals surface area contributed by atoms with Crippen molar-refractivity contribution in [1.82, 2.24) is 4.31 Å². The van der Waals surface area contributed by atoms with E-state index in [9.17, 15) is 22.0 Å². The van der Waals surface area contributed by atoms with Gasteiger partial charge >= 0.3 is 6.61 Å². The van der Waals surface area contributed by atoms with E-state index >= 15 is 0 Å². The lowest BCUT2D eigenvalue weighted by Gasteiger charge is -2.13. The number of sulfonamides is 1. The lowest BCUT2D eigenvalue weighted by Crippen LogP contribution is -2.23. The molecule has 146 valence electrons. The molecule has 0 aliphatic carbocycles. The molecular formula is C17H19F2N3O4S. The summed E-state index contributed by atoms with van der Waals surface area (Å²) in [6.45, 7) is -3.03. The molecular weight excluding hydrogens is 380 g/mol. The lowest BCUT2D eigenvalue weighted by molar-refractivity contribution is -0.114. The van der Waals surface area contributed by atoms with Gasteiger partial charge in [0.05, 0.1) is 11.4 Å². The third-order valence-corrected chi connectivity index (χ3v) is 5.24. The highest BCUT2D eigenvalue weighted by Crippen LogP contribution is 2.19. The number of anilines is 2. The molecule has 0 bridgehead atoms. The molecule has 0 heterocycles. The van der Waals surface area contributed by atoms with Crippen LogP contribution in [0.1, 0.15) is 0 Å². The SMILES string of the molecule is CN(C)S(=O)(=O)c1cccc(NCC(=O)Nc2ccc(OC(F)F)cc2)c1. The summed E-state index contributed by atoms with van der Waals surface area (Å²) in [5.74, 6) is -0.404. The van der Waals surface area contributed by atoms with Gasteiger partial charge in [0.2, 0.25) is 15.9 Å². The number of carbonyl (C=O) groups excluding carboxylic acids is 1. The normalized spacial score (nSPS) is 11.5. The molecule has 0 radical (unpaired) electrons. The summed E-state index contributed by atoms with van der Waals surface area (Å²) in [4.78, 5) is 12.1. The van der Waals surface area contributed by atoms with Crippen molar-refractivity contribution in [3.63, 3.8) is 0 Å². The number of carbonyl (C=O) groups is 1. The van der Waals surface area contributed by atoms with Gasteiger partial charge in [0.15, 0.2) is 0 Å². The third-order valence-electron chi connectivity index (χ3n) is 3.43. The van der Waals surface area contributed by atoms with Gasteiger partial charge in [-0.25, -0.2) is 12.7 Å². The van der Waals surface area contributed by atoms with Crippen LogP contribution in [0.2, 0.25) is 0 Å². The van der Waals surface area contributed by atoms with Crippen molar-refractivity contribution in [3.8, 4) is 5.75 Å². The predicted octanol–water partition coefficient (Wildman–Crippen LogP) is 2.59. The van der Waals surface area contributed by atoms with Crippen molar-refractivity contribution < 1.29 is 26.7 Å². The summed E-state index contributed by atoms with van der Waals surface area (Å²) in [6.07, 6.45) is 0. The summed E-state index contributed by atoms with van der Waals surface area (Å²) < 4.78 is 53.8. The molecule has 0 atom stereocenters. The number of halogens is 2. The van der Waals surface area contributed by atoms with Gasteiger partial charge in [0, 0.05) is 25.5 Å². The van der Waals surface area contributed by atoms with Crippen LogP contribution in [0.25, 0.3) is 0 Å². The maximum Gasteiger partial charge on any atom is 0.387 e. The summed E-state index contributed by atoms with van der Waals surface area (Å²) >= 11 is 0. The molecule has 2 rings (SSSR count). The molecule has 0 aliphatic rings. The van der Waals surface area contributed by atoms with Crippen molar-refractivity contribution >= 4 is 27.3 Å². The second-order valence-electron chi connectivity index (χ2n) is 5.62. The number of rotatable bonds is 8. The molecule has 0 unspecified atom stereocenters. The van der Waals surface area contributed by atoms with Gasteiger partial charge in [-0.3, -0.25) is 4.79 Å². The number of hydrogen-bond acceptors (Lipinski definition) is 5. The quantitative estimate of drug-likeness (QED) is 0.713. The Balaban J connectivity index is 1.94. The first kappa shape index (κ1) is 20.6. The molecule has 0 fully saturated rings. The number of hydrogen-bond donors (Lipinski definition) is 2. The van der Waals surface area contributed by atoms with Gasteiger partial charge in [-0.15, -0.1) is 0 Å². The van der Waals surface area contributed by atoms with Crippen molar-refractivity contribution in [2.45, 2.75) is 11.5 Å². The first-order chi connectivity index (χ1) is 12.7. The van der Waals surface area contributed by atoms with Crippen LogP contribution in [0, 0.1) is 0 Å². The fourth-order valence-corrected chi connectivity index (χ4v) is 3.03. The maximum atomic E-state index is 12.1. The van der Waals surface area contributed by atoms with E-state index < -0.39 is 22.5 Å². The Bertz CT molecular complexity index is 887. The summed E-state index contributed by atoms with van der Waals surface area (Å²) in [6, 6.07) is 11.6. The Morgan fingerprint density at radius 1 is 1.11 bits per heavy atom. The maximum absolute atomic E-state index is 12.1. The van der Waals surface area contributed by atoms with Crippen LogP contribution < -0.4 is 15.4 Å². The second kappa shape index (κ2) is 8.78. The third kappa shape index (κ3) is 5.90. The van der Waals surface area contributed by atoms with Crippen LogP contribution in [0.15, 0.2) is 53.4 Å². The van der Waals surface area contributed by atoms with E-state index in [0.717, 1.165) is 4.31 Å². The van der Waals surface area contributed by atoms with Crippen molar-refractivity contribution in [2.24, 2.45) is 0 Å². The average molecular weight is 399 g/mol. The molecule has 2 N–H and O–H groups in total. The van der Waals surface area contributed by atoms with E-state index in [1.165, 1.54) is 50.5 Å². The standard InChI is InChI=1S/C17H19F2N3O4S/c1-22(2)27(24,25)15-5-3-4-13(10-15)20-11-16(23)21-12-6-8-14(9-7-12)26-17(18)19/h3-10,17,20H,11H2,1-2H3,(H,21,23).